The van der Waals surface area contributed by atoms with Crippen molar-refractivity contribution in [1.29, 1.82) is 0 Å². The Kier molecular flexibility index (Phi) is 5.27. The lowest BCUT2D eigenvalue weighted by Crippen LogP contribution is -2.15. The van der Waals surface area contributed by atoms with Gasteiger partial charge in [0.05, 0.1) is 17.7 Å². The van der Waals surface area contributed by atoms with Crippen LogP contribution >= 0.6 is 11.3 Å². The van der Waals surface area contributed by atoms with Crippen molar-refractivity contribution in [3.8, 4) is 17.1 Å². The zero-order valence-electron chi connectivity index (χ0n) is 15.0. The van der Waals surface area contributed by atoms with E-state index in [2.05, 4.69) is 10.5 Å². The van der Waals surface area contributed by atoms with E-state index in [1.165, 1.54) is 23.5 Å². The summed E-state index contributed by atoms with van der Waals surface area (Å²) in [4.78, 5) is 25.7. The molecule has 3 rings (SSSR count). The number of hydrogen-bond donors (Lipinski definition) is 2. The van der Waals surface area contributed by atoms with Gasteiger partial charge in [0, 0.05) is 10.9 Å². The molecule has 2 aromatic heterocycles. The average Bonchev–Trinajstić information content (AvgIpc) is 3.21. The first kappa shape index (κ1) is 18.7. The Labute approximate surface area is 159 Å². The van der Waals surface area contributed by atoms with E-state index >= 15 is 0 Å². The summed E-state index contributed by atoms with van der Waals surface area (Å²) in [6, 6.07) is 8.02. The number of phenolic OH excluding ortho intramolecular Hbond substituents is 1. The molecule has 140 valence electrons. The minimum atomic E-state index is -0.521. The van der Waals surface area contributed by atoms with Crippen molar-refractivity contribution < 1.29 is 24.0 Å². The Bertz CT molecular complexity index is 1010. The number of carbonyl (C=O) groups is 2. The van der Waals surface area contributed by atoms with E-state index in [4.69, 9.17) is 9.26 Å². The lowest BCUT2D eigenvalue weighted by molar-refractivity contribution is 0.0527. The molecule has 2 N–H and O–H groups in total. The normalized spacial score (nSPS) is 10.6. The van der Waals surface area contributed by atoms with Crippen LogP contribution in [0.25, 0.3) is 11.3 Å². The van der Waals surface area contributed by atoms with Gasteiger partial charge in [-0.25, -0.2) is 4.79 Å². The molecule has 7 nitrogen and oxygen atoms in total. The molecule has 1 amide bonds. The number of para-hydroxylation sites is 1. The molecule has 0 spiro atoms. The summed E-state index contributed by atoms with van der Waals surface area (Å²) in [5.41, 5.74) is 1.58. The molecule has 0 saturated heterocycles. The summed E-state index contributed by atoms with van der Waals surface area (Å²) in [5, 5.41) is 16.8. The first-order chi connectivity index (χ1) is 12.9. The topological polar surface area (TPSA) is 102 Å². The van der Waals surface area contributed by atoms with Crippen LogP contribution in [-0.2, 0) is 4.74 Å². The number of nitrogens with one attached hydrogen (secondary N) is 1. The number of amides is 1. The average molecular weight is 386 g/mol. The number of benzene rings is 1. The molecule has 0 atom stereocenters. The number of phenols is 1. The van der Waals surface area contributed by atoms with Gasteiger partial charge in [0.2, 0.25) is 0 Å². The molecule has 0 bridgehead atoms. The van der Waals surface area contributed by atoms with Crippen LogP contribution in [0.2, 0.25) is 0 Å². The molecule has 0 fully saturated rings. The molecule has 2 heterocycles. The Morgan fingerprint density at radius 1 is 1.30 bits per heavy atom. The molecule has 1 aromatic carbocycles. The standard InChI is InChI=1S/C19H18N2O5S/c1-4-25-19(24)16-10(2)11(3)27-18(16)20-17(23)13-9-15(26-21-13)12-7-5-6-8-14(12)22/h5-9,22H,4H2,1-3H3,(H,20,23). The van der Waals surface area contributed by atoms with Crippen LogP contribution in [0.1, 0.15) is 38.2 Å². The van der Waals surface area contributed by atoms with E-state index in [0.717, 1.165) is 10.4 Å². The van der Waals surface area contributed by atoms with Gasteiger partial charge in [0.25, 0.3) is 5.91 Å². The van der Waals surface area contributed by atoms with Crippen LogP contribution < -0.4 is 5.32 Å². The summed E-state index contributed by atoms with van der Waals surface area (Å²) in [6.07, 6.45) is 0. The minimum absolute atomic E-state index is 0.0229. The maximum atomic E-state index is 12.6. The molecule has 0 radical (unpaired) electrons. The summed E-state index contributed by atoms with van der Waals surface area (Å²) >= 11 is 1.29. The molecular weight excluding hydrogens is 368 g/mol. The zero-order chi connectivity index (χ0) is 19.6. The fourth-order valence-corrected chi connectivity index (χ4v) is 3.57. The highest BCUT2D eigenvalue weighted by molar-refractivity contribution is 7.16. The third-order valence-electron chi connectivity index (χ3n) is 4.00. The first-order valence-electron chi connectivity index (χ1n) is 8.26. The summed E-state index contributed by atoms with van der Waals surface area (Å²) < 4.78 is 10.3. The lowest BCUT2D eigenvalue weighted by atomic mass is 10.1. The van der Waals surface area contributed by atoms with E-state index in [1.807, 2.05) is 6.92 Å². The Morgan fingerprint density at radius 3 is 2.74 bits per heavy atom. The number of aromatic nitrogens is 1. The van der Waals surface area contributed by atoms with Crippen LogP contribution in [0.4, 0.5) is 5.00 Å². The fourth-order valence-electron chi connectivity index (χ4n) is 2.52. The largest absolute Gasteiger partial charge is 0.507 e. The smallest absolute Gasteiger partial charge is 0.341 e. The zero-order valence-corrected chi connectivity index (χ0v) is 15.8. The van der Waals surface area contributed by atoms with Gasteiger partial charge < -0.3 is 19.7 Å². The molecule has 0 aliphatic carbocycles. The number of nitrogens with zero attached hydrogens (tertiary/aromatic N) is 1. The quantitative estimate of drug-likeness (QED) is 0.639. The molecular formula is C19H18N2O5S. The van der Waals surface area contributed by atoms with Gasteiger partial charge in [-0.3, -0.25) is 4.79 Å². The van der Waals surface area contributed by atoms with E-state index in [-0.39, 0.29) is 23.8 Å². The number of esters is 1. The van der Waals surface area contributed by atoms with E-state index in [1.54, 1.807) is 32.0 Å². The Morgan fingerprint density at radius 2 is 2.04 bits per heavy atom. The summed E-state index contributed by atoms with van der Waals surface area (Å²) in [6.45, 7) is 5.64. The fraction of sp³-hybridized carbons (Fsp3) is 0.211. The van der Waals surface area contributed by atoms with Gasteiger partial charge in [0.15, 0.2) is 11.5 Å². The van der Waals surface area contributed by atoms with Crippen LogP contribution in [0.15, 0.2) is 34.9 Å². The van der Waals surface area contributed by atoms with Crippen LogP contribution in [-0.4, -0.2) is 28.7 Å². The van der Waals surface area contributed by atoms with Crippen molar-refractivity contribution in [2.75, 3.05) is 11.9 Å². The summed E-state index contributed by atoms with van der Waals surface area (Å²) in [7, 11) is 0. The van der Waals surface area contributed by atoms with E-state index < -0.39 is 11.9 Å². The van der Waals surface area contributed by atoms with Crippen molar-refractivity contribution >= 4 is 28.2 Å². The van der Waals surface area contributed by atoms with E-state index in [9.17, 15) is 14.7 Å². The van der Waals surface area contributed by atoms with Gasteiger partial charge in [-0.15, -0.1) is 11.3 Å². The molecule has 0 saturated carbocycles. The molecule has 0 aliphatic heterocycles. The molecule has 0 unspecified atom stereocenters. The van der Waals surface area contributed by atoms with Crippen molar-refractivity contribution in [2.24, 2.45) is 0 Å². The van der Waals surface area contributed by atoms with Gasteiger partial charge in [-0.2, -0.15) is 0 Å². The number of anilines is 1. The molecule has 8 heteroatoms. The number of ether oxygens (including phenoxy) is 1. The number of aryl methyl sites for hydroxylation is 1. The SMILES string of the molecule is CCOC(=O)c1c(NC(=O)c2cc(-c3ccccc3O)on2)sc(C)c1C. The third kappa shape index (κ3) is 3.70. The predicted octanol–water partition coefficient (Wildman–Crippen LogP) is 4.15. The maximum Gasteiger partial charge on any atom is 0.341 e. The van der Waals surface area contributed by atoms with Crippen molar-refractivity contribution in [3.63, 3.8) is 0 Å². The van der Waals surface area contributed by atoms with Crippen LogP contribution in [0, 0.1) is 13.8 Å². The lowest BCUT2D eigenvalue weighted by Gasteiger charge is -2.05. The Hall–Kier alpha value is -3.13. The van der Waals surface area contributed by atoms with Crippen LogP contribution in [0.3, 0.4) is 0 Å². The predicted molar refractivity (Wildman–Crippen MR) is 101 cm³/mol. The monoisotopic (exact) mass is 386 g/mol. The van der Waals surface area contributed by atoms with Crippen molar-refractivity contribution in [1.82, 2.24) is 5.16 Å². The number of rotatable bonds is 5. The Balaban J connectivity index is 1.86. The summed E-state index contributed by atoms with van der Waals surface area (Å²) in [5.74, 6) is -0.714. The number of carbonyl (C=O) groups excluding carboxylic acids is 2. The highest BCUT2D eigenvalue weighted by Crippen LogP contribution is 2.34. The molecule has 27 heavy (non-hydrogen) atoms. The van der Waals surface area contributed by atoms with Gasteiger partial charge >= 0.3 is 5.97 Å². The van der Waals surface area contributed by atoms with Gasteiger partial charge in [-0.1, -0.05) is 17.3 Å². The van der Waals surface area contributed by atoms with Gasteiger partial charge in [-0.05, 0) is 38.5 Å². The highest BCUT2D eigenvalue weighted by atomic mass is 32.1. The number of thiophene rings is 1. The second-order valence-corrected chi connectivity index (χ2v) is 6.98. The highest BCUT2D eigenvalue weighted by Gasteiger charge is 2.24. The number of aromatic hydroxyl groups is 1. The number of hydrogen-bond acceptors (Lipinski definition) is 7. The minimum Gasteiger partial charge on any atom is -0.507 e. The molecule has 0 aliphatic rings. The first-order valence-corrected chi connectivity index (χ1v) is 9.07. The third-order valence-corrected chi connectivity index (χ3v) is 5.13. The van der Waals surface area contributed by atoms with Gasteiger partial charge in [0.1, 0.15) is 10.8 Å². The second-order valence-electron chi connectivity index (χ2n) is 5.76. The molecule has 3 aromatic rings. The maximum absolute atomic E-state index is 12.6. The van der Waals surface area contributed by atoms with Crippen LogP contribution in [0.5, 0.6) is 5.75 Å². The van der Waals surface area contributed by atoms with Crippen molar-refractivity contribution in [2.45, 2.75) is 20.8 Å². The second kappa shape index (κ2) is 7.63. The van der Waals surface area contributed by atoms with Crippen molar-refractivity contribution in [3.05, 3.63) is 52.0 Å². The van der Waals surface area contributed by atoms with E-state index in [0.29, 0.717) is 16.1 Å².